The van der Waals surface area contributed by atoms with Gasteiger partial charge in [0.1, 0.15) is 0 Å². The Morgan fingerprint density at radius 2 is 2.33 bits per heavy atom. The molecule has 0 aliphatic heterocycles. The van der Waals surface area contributed by atoms with Gasteiger partial charge in [-0.1, -0.05) is 0 Å². The summed E-state index contributed by atoms with van der Waals surface area (Å²) < 4.78 is 1.60. The van der Waals surface area contributed by atoms with E-state index in [9.17, 15) is 4.79 Å². The second-order valence-corrected chi connectivity index (χ2v) is 1.60. The van der Waals surface area contributed by atoms with Gasteiger partial charge < -0.3 is 12.4 Å². The van der Waals surface area contributed by atoms with E-state index in [-0.39, 0.29) is 17.8 Å². The summed E-state index contributed by atoms with van der Waals surface area (Å²) in [6.45, 7) is 0. The molecule has 50 valence electrons. The van der Waals surface area contributed by atoms with E-state index in [2.05, 4.69) is 5.10 Å². The molecule has 1 N–H and O–H groups in total. The fourth-order valence-corrected chi connectivity index (χ4v) is 0.508. The van der Waals surface area contributed by atoms with E-state index in [1.807, 2.05) is 0 Å². The Morgan fingerprint density at radius 3 is 2.67 bits per heavy atom. The number of nitrogens with zero attached hydrogens (tertiary/aromatic N) is 1. The van der Waals surface area contributed by atoms with Crippen LogP contribution in [0.1, 0.15) is 0 Å². The summed E-state index contributed by atoms with van der Waals surface area (Å²) in [5.41, 5.74) is 0.0197. The highest BCUT2D eigenvalue weighted by Gasteiger charge is 1.86. The third kappa shape index (κ3) is 2.28. The van der Waals surface area contributed by atoms with E-state index in [1.54, 1.807) is 17.9 Å². The molecule has 0 bridgehead atoms. The van der Waals surface area contributed by atoms with Crippen molar-refractivity contribution in [1.29, 1.82) is 0 Å². The van der Waals surface area contributed by atoms with Gasteiger partial charge in [0.2, 0.25) is 11.6 Å². The molecule has 0 aliphatic carbocycles. The zero-order valence-corrected chi connectivity index (χ0v) is 5.72. The highest BCUT2D eigenvalue weighted by Crippen LogP contribution is 1.55. The van der Waals surface area contributed by atoms with Crippen LogP contribution in [0.3, 0.4) is 0 Å². The topological polar surface area (TPSA) is 36.7 Å². The highest BCUT2D eigenvalue weighted by molar-refractivity contribution is 4.79. The van der Waals surface area contributed by atoms with Crippen LogP contribution in [0.5, 0.6) is 0 Å². The number of halogens is 1. The van der Waals surface area contributed by atoms with Crippen molar-refractivity contribution in [1.82, 2.24) is 5.10 Å². The summed E-state index contributed by atoms with van der Waals surface area (Å²) in [7, 11) is 1.77. The Hall–Kier alpha value is -0.830. The van der Waals surface area contributed by atoms with Crippen LogP contribution >= 0.6 is 0 Å². The predicted molar refractivity (Wildman–Crippen MR) is 28.2 cm³/mol. The maximum absolute atomic E-state index is 10.4. The molecular weight excluding hydrogens is 140 g/mol. The van der Waals surface area contributed by atoms with Gasteiger partial charge >= 0.3 is 0 Å². The minimum atomic E-state index is 0. The Morgan fingerprint density at radius 1 is 1.67 bits per heavy atom. The number of hydrogen-bond donors (Lipinski definition) is 1. The SMILES string of the molecule is C[n+]1cc(=O)cc[nH]1.[Cl-]. The summed E-state index contributed by atoms with van der Waals surface area (Å²) in [5, 5.41) is 2.79. The number of nitrogens with one attached hydrogen (secondary N) is 1. The van der Waals surface area contributed by atoms with Gasteiger partial charge in [0.15, 0.2) is 7.05 Å². The lowest BCUT2D eigenvalue weighted by molar-refractivity contribution is -0.731. The van der Waals surface area contributed by atoms with Crippen LogP contribution in [0.15, 0.2) is 23.3 Å². The quantitative estimate of drug-likeness (QED) is 0.375. The average molecular weight is 147 g/mol. The molecule has 1 rings (SSSR count). The fourth-order valence-electron chi connectivity index (χ4n) is 0.508. The highest BCUT2D eigenvalue weighted by atomic mass is 35.5. The Balaban J connectivity index is 0.000000640. The average Bonchev–Trinajstić information content (AvgIpc) is 1.64. The van der Waals surface area contributed by atoms with E-state index in [1.165, 1.54) is 12.3 Å². The summed E-state index contributed by atoms with van der Waals surface area (Å²) in [5.74, 6) is 0. The number of aromatic amines is 1. The largest absolute Gasteiger partial charge is 1.00 e. The van der Waals surface area contributed by atoms with Crippen LogP contribution in [0, 0.1) is 0 Å². The number of H-pyrrole nitrogens is 1. The lowest BCUT2D eigenvalue weighted by Gasteiger charge is -1.79. The summed E-state index contributed by atoms with van der Waals surface area (Å²) in [6, 6.07) is 1.47. The molecule has 0 aromatic carbocycles. The maximum Gasteiger partial charge on any atom is 0.245 e. The maximum atomic E-state index is 10.4. The van der Waals surface area contributed by atoms with E-state index in [0.29, 0.717) is 0 Å². The van der Waals surface area contributed by atoms with Crippen molar-refractivity contribution in [2.45, 2.75) is 0 Å². The molecule has 3 nitrogen and oxygen atoms in total. The van der Waals surface area contributed by atoms with Crippen LogP contribution in [0.4, 0.5) is 0 Å². The van der Waals surface area contributed by atoms with Crippen LogP contribution in [0.2, 0.25) is 0 Å². The van der Waals surface area contributed by atoms with Gasteiger partial charge in [-0.05, 0) is 0 Å². The Labute approximate surface area is 58.7 Å². The van der Waals surface area contributed by atoms with Gasteiger partial charge in [-0.15, -0.1) is 4.68 Å². The smallest absolute Gasteiger partial charge is 0.245 e. The molecule has 0 radical (unpaired) electrons. The van der Waals surface area contributed by atoms with E-state index in [0.717, 1.165) is 0 Å². The van der Waals surface area contributed by atoms with Crippen molar-refractivity contribution >= 4 is 0 Å². The molecule has 0 fully saturated rings. The lowest BCUT2D eigenvalue weighted by atomic mass is 10.6. The second-order valence-electron chi connectivity index (χ2n) is 1.60. The molecule has 4 heteroatoms. The van der Waals surface area contributed by atoms with Crippen molar-refractivity contribution in [2.24, 2.45) is 7.05 Å². The molecular formula is C5H7ClN2O. The van der Waals surface area contributed by atoms with Crippen LogP contribution < -0.4 is 22.5 Å². The minimum absolute atomic E-state index is 0. The van der Waals surface area contributed by atoms with Crippen LogP contribution in [-0.2, 0) is 7.05 Å². The predicted octanol–water partition coefficient (Wildman–Crippen LogP) is -3.80. The van der Waals surface area contributed by atoms with Crippen molar-refractivity contribution in [2.75, 3.05) is 0 Å². The monoisotopic (exact) mass is 146 g/mol. The molecule has 0 saturated heterocycles. The number of aromatic nitrogens is 2. The molecule has 0 aliphatic rings. The van der Waals surface area contributed by atoms with Crippen LogP contribution in [0.25, 0.3) is 0 Å². The van der Waals surface area contributed by atoms with Crippen molar-refractivity contribution in [3.63, 3.8) is 0 Å². The zero-order valence-electron chi connectivity index (χ0n) is 4.97. The third-order valence-electron chi connectivity index (χ3n) is 0.847. The van der Waals surface area contributed by atoms with Crippen molar-refractivity contribution in [3.8, 4) is 0 Å². The summed E-state index contributed by atoms with van der Waals surface area (Å²) in [6.07, 6.45) is 3.07. The van der Waals surface area contributed by atoms with Gasteiger partial charge in [0, 0.05) is 6.07 Å². The summed E-state index contributed by atoms with van der Waals surface area (Å²) >= 11 is 0. The summed E-state index contributed by atoms with van der Waals surface area (Å²) in [4.78, 5) is 10.4. The Bertz CT molecular complexity index is 232. The van der Waals surface area contributed by atoms with E-state index >= 15 is 0 Å². The van der Waals surface area contributed by atoms with E-state index in [4.69, 9.17) is 0 Å². The van der Waals surface area contributed by atoms with Crippen LogP contribution in [-0.4, -0.2) is 5.10 Å². The fraction of sp³-hybridized carbons (Fsp3) is 0.200. The number of hydrogen-bond acceptors (Lipinski definition) is 1. The van der Waals surface area contributed by atoms with Gasteiger partial charge in [0.25, 0.3) is 0 Å². The zero-order chi connectivity index (χ0) is 5.98. The first-order valence-electron chi connectivity index (χ1n) is 2.33. The van der Waals surface area contributed by atoms with Gasteiger partial charge in [-0.3, -0.25) is 4.79 Å². The third-order valence-corrected chi connectivity index (χ3v) is 0.847. The first kappa shape index (κ1) is 8.17. The standard InChI is InChI=1S/C5H6N2O.ClH/c1-7-4-5(8)2-3-6-7;/h2-4H,1H3;1H. The molecule has 1 aromatic rings. The second kappa shape index (κ2) is 3.25. The molecule has 0 atom stereocenters. The van der Waals surface area contributed by atoms with Gasteiger partial charge in [-0.2, -0.15) is 5.10 Å². The Kier molecular flexibility index (Phi) is 2.95. The number of rotatable bonds is 0. The molecule has 0 spiro atoms. The minimum Gasteiger partial charge on any atom is -1.00 e. The van der Waals surface area contributed by atoms with Gasteiger partial charge in [-0.25, -0.2) is 0 Å². The molecule has 0 saturated carbocycles. The first-order valence-corrected chi connectivity index (χ1v) is 2.33. The first-order chi connectivity index (χ1) is 3.79. The van der Waals surface area contributed by atoms with Crippen molar-refractivity contribution in [3.05, 3.63) is 28.7 Å². The number of aryl methyl sites for hydroxylation is 1. The molecule has 1 aromatic heterocycles. The van der Waals surface area contributed by atoms with E-state index < -0.39 is 0 Å². The molecule has 9 heavy (non-hydrogen) atoms. The molecule has 0 unspecified atom stereocenters. The normalized spacial score (nSPS) is 8.11. The molecule has 1 heterocycles. The lowest BCUT2D eigenvalue weighted by Crippen LogP contribution is -3.00. The molecule has 0 amide bonds. The van der Waals surface area contributed by atoms with Crippen molar-refractivity contribution < 1.29 is 17.1 Å². The van der Waals surface area contributed by atoms with Gasteiger partial charge in [0.05, 0.1) is 6.20 Å².